The molecule has 52 heavy (non-hydrogen) atoms. The normalized spacial score (nSPS) is 13.5. The Kier molecular flexibility index (Phi) is 27.9. The molecule has 1 aliphatic rings. The highest BCUT2D eigenvalue weighted by atomic mass is 16.5. The molecule has 0 saturated carbocycles. The Balaban J connectivity index is 1.67. The van der Waals surface area contributed by atoms with Gasteiger partial charge in [-0.1, -0.05) is 136 Å². The maximum atomic E-state index is 12.8. The molecule has 1 aromatic rings. The van der Waals surface area contributed by atoms with Gasteiger partial charge < -0.3 is 24.6 Å². The fourth-order valence-corrected chi connectivity index (χ4v) is 7.55. The van der Waals surface area contributed by atoms with E-state index in [1.165, 1.54) is 128 Å². The van der Waals surface area contributed by atoms with Gasteiger partial charge in [0.25, 0.3) is 10.9 Å². The minimum absolute atomic E-state index is 0.0153. The molecule has 302 valence electrons. The van der Waals surface area contributed by atoms with Gasteiger partial charge in [-0.25, -0.2) is 0 Å². The van der Waals surface area contributed by atoms with E-state index < -0.39 is 0 Å². The van der Waals surface area contributed by atoms with Crippen LogP contribution in [-0.2, 0) is 14.3 Å². The molecule has 1 fully saturated rings. The van der Waals surface area contributed by atoms with Gasteiger partial charge in [-0.3, -0.25) is 14.4 Å². The molecule has 0 atom stereocenters. The summed E-state index contributed by atoms with van der Waals surface area (Å²) in [6.45, 7) is 13.2. The van der Waals surface area contributed by atoms with Gasteiger partial charge in [0.1, 0.15) is 17.5 Å². The third kappa shape index (κ3) is 21.1. The average Bonchev–Trinajstić information content (AvgIpc) is 3.16. The number of carbonyl (C=O) groups is 1. The minimum atomic E-state index is -0.375. The molecule has 0 bridgehead atoms. The smallest absolute Gasteiger partial charge is 0.306 e. The zero-order chi connectivity index (χ0) is 37.5. The zero-order valence-corrected chi connectivity index (χ0v) is 34.3. The SMILES string of the molecule is CCCCCCCCC(CCCCCCCC)OC(=O)CCCCCCCN(CCCCCCCC)CCCNc1c(N2CCOCC2)c(=O)c1=O. The maximum absolute atomic E-state index is 12.8. The fraction of sp³-hybridized carbons (Fsp3) is 0.886. The molecule has 1 heterocycles. The second kappa shape index (κ2) is 31.4. The van der Waals surface area contributed by atoms with Gasteiger partial charge in [0, 0.05) is 26.1 Å². The number of carbonyl (C=O) groups excluding carboxylic acids is 1. The second-order valence-electron chi connectivity index (χ2n) is 15.6. The van der Waals surface area contributed by atoms with E-state index in [0.29, 0.717) is 50.6 Å². The number of unbranched alkanes of at least 4 members (excludes halogenated alkanes) is 19. The lowest BCUT2D eigenvalue weighted by atomic mass is 10.0. The van der Waals surface area contributed by atoms with Crippen LogP contribution in [0.25, 0.3) is 0 Å². The molecule has 1 saturated heterocycles. The van der Waals surface area contributed by atoms with E-state index in [2.05, 4.69) is 31.0 Å². The first-order chi connectivity index (χ1) is 25.5. The molecule has 0 aliphatic carbocycles. The van der Waals surface area contributed by atoms with Crippen LogP contribution in [-0.4, -0.2) is 69.5 Å². The van der Waals surface area contributed by atoms with Gasteiger partial charge in [-0.2, -0.15) is 0 Å². The number of hydrogen-bond donors (Lipinski definition) is 1. The van der Waals surface area contributed by atoms with Crippen molar-refractivity contribution in [3.8, 4) is 0 Å². The van der Waals surface area contributed by atoms with Gasteiger partial charge in [-0.05, 0) is 71.0 Å². The molecule has 0 radical (unpaired) electrons. The zero-order valence-electron chi connectivity index (χ0n) is 34.3. The fourth-order valence-electron chi connectivity index (χ4n) is 7.55. The van der Waals surface area contributed by atoms with Gasteiger partial charge in [-0.15, -0.1) is 0 Å². The van der Waals surface area contributed by atoms with E-state index in [4.69, 9.17) is 9.47 Å². The highest BCUT2D eigenvalue weighted by Crippen LogP contribution is 2.22. The first-order valence-corrected chi connectivity index (χ1v) is 22.3. The van der Waals surface area contributed by atoms with E-state index in [-0.39, 0.29) is 22.9 Å². The summed E-state index contributed by atoms with van der Waals surface area (Å²) in [7, 11) is 0. The summed E-state index contributed by atoms with van der Waals surface area (Å²) in [5, 5.41) is 3.30. The minimum Gasteiger partial charge on any atom is -0.462 e. The van der Waals surface area contributed by atoms with Crippen molar-refractivity contribution in [3.63, 3.8) is 0 Å². The highest BCUT2D eigenvalue weighted by Gasteiger charge is 2.27. The third-order valence-electron chi connectivity index (χ3n) is 10.9. The lowest BCUT2D eigenvalue weighted by Gasteiger charge is -2.31. The van der Waals surface area contributed by atoms with Crippen molar-refractivity contribution in [2.75, 3.05) is 62.7 Å². The number of anilines is 2. The highest BCUT2D eigenvalue weighted by molar-refractivity contribution is 5.75. The van der Waals surface area contributed by atoms with Crippen LogP contribution in [0.3, 0.4) is 0 Å². The summed E-state index contributed by atoms with van der Waals surface area (Å²) in [6.07, 6.45) is 32.3. The molecule has 0 amide bonds. The summed E-state index contributed by atoms with van der Waals surface area (Å²) >= 11 is 0. The Labute approximate surface area is 319 Å². The Hall–Kier alpha value is -1.93. The van der Waals surface area contributed by atoms with Crippen LogP contribution >= 0.6 is 0 Å². The van der Waals surface area contributed by atoms with Crippen LogP contribution < -0.4 is 21.1 Å². The monoisotopic (exact) mass is 732 g/mol. The lowest BCUT2D eigenvalue weighted by Crippen LogP contribution is -2.47. The Bertz CT molecular complexity index is 1050. The number of hydrogen-bond acceptors (Lipinski definition) is 8. The molecular formula is C44H81N3O5. The summed E-state index contributed by atoms with van der Waals surface area (Å²) in [6, 6.07) is 0. The summed E-state index contributed by atoms with van der Waals surface area (Å²) in [5.41, 5.74) is 0.332. The molecule has 1 N–H and O–H groups in total. The number of rotatable bonds is 36. The first-order valence-electron chi connectivity index (χ1n) is 22.3. The van der Waals surface area contributed by atoms with Crippen molar-refractivity contribution in [2.45, 2.75) is 200 Å². The molecule has 0 spiro atoms. The van der Waals surface area contributed by atoms with Crippen molar-refractivity contribution >= 4 is 17.3 Å². The first kappa shape index (κ1) is 46.2. The van der Waals surface area contributed by atoms with Crippen LogP contribution in [0.1, 0.15) is 194 Å². The van der Waals surface area contributed by atoms with Gasteiger partial charge in [0.15, 0.2) is 0 Å². The van der Waals surface area contributed by atoms with Crippen molar-refractivity contribution in [1.82, 2.24) is 4.90 Å². The van der Waals surface area contributed by atoms with E-state index in [0.717, 1.165) is 58.2 Å². The second-order valence-corrected chi connectivity index (χ2v) is 15.6. The van der Waals surface area contributed by atoms with Crippen LogP contribution in [0.4, 0.5) is 11.4 Å². The molecule has 1 aliphatic heterocycles. The molecule has 0 aromatic heterocycles. The van der Waals surface area contributed by atoms with Gasteiger partial charge in [0.2, 0.25) is 0 Å². The van der Waals surface area contributed by atoms with E-state index >= 15 is 0 Å². The van der Waals surface area contributed by atoms with Crippen LogP contribution in [0.15, 0.2) is 9.59 Å². The van der Waals surface area contributed by atoms with Crippen molar-refractivity contribution in [3.05, 3.63) is 20.4 Å². The van der Waals surface area contributed by atoms with Crippen molar-refractivity contribution < 1.29 is 14.3 Å². The predicted octanol–water partition coefficient (Wildman–Crippen LogP) is 10.3. The summed E-state index contributed by atoms with van der Waals surface area (Å²) < 4.78 is 11.5. The number of morpholine rings is 1. The van der Waals surface area contributed by atoms with Crippen molar-refractivity contribution in [2.24, 2.45) is 0 Å². The molecular weight excluding hydrogens is 651 g/mol. The van der Waals surface area contributed by atoms with E-state index in [1.54, 1.807) is 0 Å². The summed E-state index contributed by atoms with van der Waals surface area (Å²) in [5.74, 6) is 0.0153. The summed E-state index contributed by atoms with van der Waals surface area (Å²) in [4.78, 5) is 42.0. The van der Waals surface area contributed by atoms with Gasteiger partial charge >= 0.3 is 5.97 Å². The standard InChI is InChI=1S/C44H81N3O5/c1-4-7-10-13-17-22-28-39(29-23-18-14-11-8-5-2)52-40(48)30-24-19-16-21-26-33-46(32-25-20-15-12-9-6-3)34-27-31-45-41-42(44(50)43(41)49)47-35-37-51-38-36-47/h39,45H,4-38H2,1-3H3. The van der Waals surface area contributed by atoms with Crippen LogP contribution in [0.2, 0.25) is 0 Å². The molecule has 2 rings (SSSR count). The Morgan fingerprint density at radius 2 is 1.10 bits per heavy atom. The van der Waals surface area contributed by atoms with Crippen molar-refractivity contribution in [1.29, 1.82) is 0 Å². The molecule has 8 heteroatoms. The van der Waals surface area contributed by atoms with E-state index in [9.17, 15) is 14.4 Å². The largest absolute Gasteiger partial charge is 0.462 e. The van der Waals surface area contributed by atoms with Gasteiger partial charge in [0.05, 0.1) is 13.2 Å². The van der Waals surface area contributed by atoms with Crippen LogP contribution in [0, 0.1) is 0 Å². The maximum Gasteiger partial charge on any atom is 0.306 e. The number of nitrogens with one attached hydrogen (secondary N) is 1. The lowest BCUT2D eigenvalue weighted by molar-refractivity contribution is -0.150. The molecule has 8 nitrogen and oxygen atoms in total. The third-order valence-corrected chi connectivity index (χ3v) is 10.9. The Morgan fingerprint density at radius 1 is 0.635 bits per heavy atom. The number of nitrogens with zero attached hydrogens (tertiary/aromatic N) is 2. The number of ether oxygens (including phenoxy) is 2. The van der Waals surface area contributed by atoms with Crippen LogP contribution in [0.5, 0.6) is 0 Å². The molecule has 0 unspecified atom stereocenters. The average molecular weight is 732 g/mol. The topological polar surface area (TPSA) is 88.2 Å². The Morgan fingerprint density at radius 3 is 1.63 bits per heavy atom. The van der Waals surface area contributed by atoms with E-state index in [1.807, 2.05) is 4.90 Å². The predicted molar refractivity (Wildman–Crippen MR) is 221 cm³/mol. The number of esters is 1. The molecule has 1 aromatic carbocycles. The quantitative estimate of drug-likeness (QED) is 0.0415.